The maximum absolute atomic E-state index is 11.7. The minimum absolute atomic E-state index is 0.0786. The summed E-state index contributed by atoms with van der Waals surface area (Å²) in [7, 11) is 0. The lowest BCUT2D eigenvalue weighted by molar-refractivity contribution is 0.248. The average Bonchev–Trinajstić information content (AvgIpc) is 2.82. The minimum atomic E-state index is -0.0786. The van der Waals surface area contributed by atoms with Crippen molar-refractivity contribution in [1.82, 2.24) is 5.32 Å². The second kappa shape index (κ2) is 5.71. The Kier molecular flexibility index (Phi) is 4.02. The molecular weight excluding hydrogens is 212 g/mol. The summed E-state index contributed by atoms with van der Waals surface area (Å²) in [4.78, 5) is 11.7. The van der Waals surface area contributed by atoms with Crippen LogP contribution in [0.3, 0.4) is 0 Å². The number of anilines is 1. The van der Waals surface area contributed by atoms with E-state index in [4.69, 9.17) is 0 Å². The lowest BCUT2D eigenvalue weighted by Gasteiger charge is -2.13. The first kappa shape index (κ1) is 12.0. The highest BCUT2D eigenvalue weighted by Gasteiger charge is 2.16. The number of benzene rings is 1. The van der Waals surface area contributed by atoms with Crippen molar-refractivity contribution >= 4 is 11.7 Å². The largest absolute Gasteiger partial charge is 0.335 e. The van der Waals surface area contributed by atoms with E-state index < -0.39 is 0 Å². The van der Waals surface area contributed by atoms with Gasteiger partial charge in [-0.25, -0.2) is 4.79 Å². The van der Waals surface area contributed by atoms with Crippen molar-refractivity contribution in [2.75, 3.05) is 5.32 Å². The molecule has 92 valence electrons. The van der Waals surface area contributed by atoms with Crippen molar-refractivity contribution in [3.63, 3.8) is 0 Å². The Morgan fingerprint density at radius 2 is 2.12 bits per heavy atom. The molecule has 1 fully saturated rings. The van der Waals surface area contributed by atoms with Crippen LogP contribution < -0.4 is 10.6 Å². The fraction of sp³-hybridized carbons (Fsp3) is 0.500. The SMILES string of the molecule is CCc1cccc(NC(=O)NC2CCCC2)c1. The van der Waals surface area contributed by atoms with E-state index in [1.165, 1.54) is 18.4 Å². The quantitative estimate of drug-likeness (QED) is 0.824. The number of nitrogens with one attached hydrogen (secondary N) is 2. The van der Waals surface area contributed by atoms with E-state index in [9.17, 15) is 4.79 Å². The first-order valence-corrected chi connectivity index (χ1v) is 6.44. The van der Waals surface area contributed by atoms with E-state index in [0.29, 0.717) is 6.04 Å². The van der Waals surface area contributed by atoms with E-state index in [1.54, 1.807) is 0 Å². The number of rotatable bonds is 3. The molecule has 2 N–H and O–H groups in total. The average molecular weight is 232 g/mol. The molecule has 1 aliphatic carbocycles. The van der Waals surface area contributed by atoms with Gasteiger partial charge in [-0.15, -0.1) is 0 Å². The van der Waals surface area contributed by atoms with Crippen molar-refractivity contribution in [2.24, 2.45) is 0 Å². The van der Waals surface area contributed by atoms with Crippen molar-refractivity contribution in [3.8, 4) is 0 Å². The van der Waals surface area contributed by atoms with Gasteiger partial charge in [0.15, 0.2) is 0 Å². The highest BCUT2D eigenvalue weighted by atomic mass is 16.2. The smallest absolute Gasteiger partial charge is 0.319 e. The molecule has 0 bridgehead atoms. The Bertz CT molecular complexity index is 384. The van der Waals surface area contributed by atoms with Crippen LogP contribution in [0.2, 0.25) is 0 Å². The summed E-state index contributed by atoms with van der Waals surface area (Å²) >= 11 is 0. The van der Waals surface area contributed by atoms with Gasteiger partial charge in [-0.3, -0.25) is 0 Å². The van der Waals surface area contributed by atoms with Gasteiger partial charge in [-0.05, 0) is 37.0 Å². The maximum Gasteiger partial charge on any atom is 0.319 e. The lowest BCUT2D eigenvalue weighted by atomic mass is 10.1. The first-order valence-electron chi connectivity index (χ1n) is 6.44. The Labute approximate surface area is 103 Å². The molecule has 3 heteroatoms. The predicted molar refractivity (Wildman–Crippen MR) is 70.2 cm³/mol. The standard InChI is InChI=1S/C14H20N2O/c1-2-11-6-5-9-13(10-11)16-14(17)15-12-7-3-4-8-12/h5-6,9-10,12H,2-4,7-8H2,1H3,(H2,15,16,17). The molecule has 0 atom stereocenters. The van der Waals surface area contributed by atoms with Gasteiger partial charge in [0.05, 0.1) is 0 Å². The number of carbonyl (C=O) groups is 1. The van der Waals surface area contributed by atoms with Crippen LogP contribution in [0.4, 0.5) is 10.5 Å². The van der Waals surface area contributed by atoms with E-state index in [0.717, 1.165) is 24.9 Å². The van der Waals surface area contributed by atoms with Crippen molar-refractivity contribution in [3.05, 3.63) is 29.8 Å². The zero-order chi connectivity index (χ0) is 12.1. The topological polar surface area (TPSA) is 41.1 Å². The van der Waals surface area contributed by atoms with Gasteiger partial charge in [-0.1, -0.05) is 31.9 Å². The number of urea groups is 1. The van der Waals surface area contributed by atoms with Crippen LogP contribution in [-0.2, 0) is 6.42 Å². The van der Waals surface area contributed by atoms with Crippen LogP contribution in [0.25, 0.3) is 0 Å². The summed E-state index contributed by atoms with van der Waals surface area (Å²) in [6.45, 7) is 2.11. The zero-order valence-corrected chi connectivity index (χ0v) is 10.3. The molecule has 0 radical (unpaired) electrons. The third kappa shape index (κ3) is 3.48. The maximum atomic E-state index is 11.7. The van der Waals surface area contributed by atoms with Crippen LogP contribution in [0.15, 0.2) is 24.3 Å². The fourth-order valence-electron chi connectivity index (χ4n) is 2.29. The van der Waals surface area contributed by atoms with Gasteiger partial charge in [0.2, 0.25) is 0 Å². The van der Waals surface area contributed by atoms with Crippen molar-refractivity contribution in [1.29, 1.82) is 0 Å². The summed E-state index contributed by atoms with van der Waals surface area (Å²) in [5.74, 6) is 0. The van der Waals surface area contributed by atoms with Gasteiger partial charge in [-0.2, -0.15) is 0 Å². The first-order chi connectivity index (χ1) is 8.28. The Morgan fingerprint density at radius 1 is 1.35 bits per heavy atom. The summed E-state index contributed by atoms with van der Waals surface area (Å²) in [6, 6.07) is 8.28. The highest BCUT2D eigenvalue weighted by Crippen LogP contribution is 2.18. The van der Waals surface area contributed by atoms with Gasteiger partial charge in [0, 0.05) is 11.7 Å². The summed E-state index contributed by atoms with van der Waals surface area (Å²) < 4.78 is 0. The molecular formula is C14H20N2O. The molecule has 0 unspecified atom stereocenters. The summed E-state index contributed by atoms with van der Waals surface area (Å²) in [6.07, 6.45) is 5.68. The summed E-state index contributed by atoms with van der Waals surface area (Å²) in [5, 5.41) is 5.91. The van der Waals surface area contributed by atoms with Gasteiger partial charge in [0.25, 0.3) is 0 Å². The van der Waals surface area contributed by atoms with Crippen LogP contribution >= 0.6 is 0 Å². The Balaban J connectivity index is 1.88. The van der Waals surface area contributed by atoms with E-state index in [1.807, 2.05) is 18.2 Å². The second-order valence-electron chi connectivity index (χ2n) is 4.63. The Morgan fingerprint density at radius 3 is 2.82 bits per heavy atom. The van der Waals surface area contributed by atoms with Crippen LogP contribution in [0.1, 0.15) is 38.2 Å². The number of hydrogen-bond donors (Lipinski definition) is 2. The molecule has 0 heterocycles. The normalized spacial score (nSPS) is 15.8. The van der Waals surface area contributed by atoms with E-state index in [-0.39, 0.29) is 6.03 Å². The summed E-state index contributed by atoms with van der Waals surface area (Å²) in [5.41, 5.74) is 2.11. The van der Waals surface area contributed by atoms with E-state index in [2.05, 4.69) is 23.6 Å². The molecule has 0 spiro atoms. The molecule has 2 amide bonds. The predicted octanol–water partition coefficient (Wildman–Crippen LogP) is 3.31. The molecule has 1 saturated carbocycles. The molecule has 17 heavy (non-hydrogen) atoms. The molecule has 3 nitrogen and oxygen atoms in total. The van der Waals surface area contributed by atoms with Crippen LogP contribution in [-0.4, -0.2) is 12.1 Å². The number of carbonyl (C=O) groups excluding carboxylic acids is 1. The minimum Gasteiger partial charge on any atom is -0.335 e. The van der Waals surface area contributed by atoms with E-state index >= 15 is 0 Å². The third-order valence-electron chi connectivity index (χ3n) is 3.28. The highest BCUT2D eigenvalue weighted by molar-refractivity contribution is 5.89. The number of amides is 2. The number of aryl methyl sites for hydroxylation is 1. The third-order valence-corrected chi connectivity index (χ3v) is 3.28. The van der Waals surface area contributed by atoms with Crippen molar-refractivity contribution in [2.45, 2.75) is 45.1 Å². The molecule has 0 saturated heterocycles. The molecule has 1 aromatic carbocycles. The monoisotopic (exact) mass is 232 g/mol. The molecule has 1 aliphatic rings. The van der Waals surface area contributed by atoms with Gasteiger partial charge >= 0.3 is 6.03 Å². The Hall–Kier alpha value is -1.51. The van der Waals surface area contributed by atoms with Crippen LogP contribution in [0, 0.1) is 0 Å². The number of hydrogen-bond acceptors (Lipinski definition) is 1. The molecule has 0 aliphatic heterocycles. The van der Waals surface area contributed by atoms with Crippen molar-refractivity contribution < 1.29 is 4.79 Å². The fourth-order valence-corrected chi connectivity index (χ4v) is 2.29. The van der Waals surface area contributed by atoms with Gasteiger partial charge < -0.3 is 10.6 Å². The second-order valence-corrected chi connectivity index (χ2v) is 4.63. The molecule has 0 aromatic heterocycles. The zero-order valence-electron chi connectivity index (χ0n) is 10.3. The van der Waals surface area contributed by atoms with Crippen LogP contribution in [0.5, 0.6) is 0 Å². The molecule has 2 rings (SSSR count). The molecule has 1 aromatic rings. The lowest BCUT2D eigenvalue weighted by Crippen LogP contribution is -2.36. The van der Waals surface area contributed by atoms with Gasteiger partial charge in [0.1, 0.15) is 0 Å².